The van der Waals surface area contributed by atoms with Crippen LogP contribution in [-0.4, -0.2) is 41.8 Å². The Balaban J connectivity index is 1.85. The van der Waals surface area contributed by atoms with Gasteiger partial charge in [0, 0.05) is 30.5 Å². The quantitative estimate of drug-likeness (QED) is 0.814. The normalized spacial score (nSPS) is 12.7. The summed E-state index contributed by atoms with van der Waals surface area (Å²) in [7, 11) is 1.83. The Morgan fingerprint density at radius 2 is 1.92 bits per heavy atom. The lowest BCUT2D eigenvalue weighted by Gasteiger charge is -2.23. The van der Waals surface area contributed by atoms with Crippen molar-refractivity contribution in [2.24, 2.45) is 0 Å². The monoisotopic (exact) mass is 367 g/mol. The first-order valence-electron chi connectivity index (χ1n) is 8.01. The lowest BCUT2D eigenvalue weighted by molar-refractivity contribution is -0.274. The third-order valence-electron chi connectivity index (χ3n) is 3.84. The van der Waals surface area contributed by atoms with Gasteiger partial charge in [0.15, 0.2) is 0 Å². The minimum absolute atomic E-state index is 0.252. The summed E-state index contributed by atoms with van der Waals surface area (Å²) >= 11 is 0. The number of hydrogen-bond acceptors (Lipinski definition) is 4. The van der Waals surface area contributed by atoms with Crippen LogP contribution in [-0.2, 0) is 11.2 Å². The molecule has 1 heterocycles. The predicted octanol–water partition coefficient (Wildman–Crippen LogP) is 3.48. The van der Waals surface area contributed by atoms with Crippen molar-refractivity contribution in [3.05, 3.63) is 54.4 Å². The number of amides is 1. The van der Waals surface area contributed by atoms with Gasteiger partial charge in [0.25, 0.3) is 0 Å². The van der Waals surface area contributed by atoms with Crippen molar-refractivity contribution in [2.45, 2.75) is 25.7 Å². The predicted molar refractivity (Wildman–Crippen MR) is 91.8 cm³/mol. The summed E-state index contributed by atoms with van der Waals surface area (Å²) in [6.45, 7) is 2.40. The first kappa shape index (κ1) is 19.7. The van der Waals surface area contributed by atoms with Crippen LogP contribution in [0, 0.1) is 0 Å². The highest BCUT2D eigenvalue weighted by Gasteiger charge is 2.31. The van der Waals surface area contributed by atoms with Crippen LogP contribution >= 0.6 is 0 Å². The van der Waals surface area contributed by atoms with E-state index in [1.807, 2.05) is 30.1 Å². The highest BCUT2D eigenvalue weighted by molar-refractivity contribution is 5.94. The molecular formula is C18H20F3N3O2. The molecule has 0 radical (unpaired) electrons. The summed E-state index contributed by atoms with van der Waals surface area (Å²) in [5.74, 6) is -0.589. The van der Waals surface area contributed by atoms with Crippen LogP contribution in [0.1, 0.15) is 12.6 Å². The molecule has 5 nitrogen and oxygen atoms in total. The SMILES string of the molecule is C[C@@H](C(=O)Nc1ccc(OC(F)(F)F)cc1)N(C)CCc1ccccn1. The van der Waals surface area contributed by atoms with E-state index in [-0.39, 0.29) is 11.7 Å². The van der Waals surface area contributed by atoms with Crippen LogP contribution in [0.25, 0.3) is 0 Å². The molecule has 0 saturated carbocycles. The molecule has 1 atom stereocenters. The molecule has 0 aliphatic heterocycles. The Morgan fingerprint density at radius 3 is 2.50 bits per heavy atom. The maximum Gasteiger partial charge on any atom is 0.573 e. The molecule has 1 aromatic carbocycles. The molecule has 140 valence electrons. The number of halogens is 3. The van der Waals surface area contributed by atoms with E-state index >= 15 is 0 Å². The Bertz CT molecular complexity index is 706. The van der Waals surface area contributed by atoms with E-state index in [0.29, 0.717) is 18.7 Å². The number of likely N-dealkylation sites (N-methyl/N-ethyl adjacent to an activating group) is 1. The standard InChI is InChI=1S/C18H20F3N3O2/c1-13(24(2)12-10-14-5-3-4-11-22-14)17(25)23-15-6-8-16(9-7-15)26-18(19,20)21/h3-9,11,13H,10,12H2,1-2H3,(H,23,25)/t13-/m0/s1. The Morgan fingerprint density at radius 1 is 1.23 bits per heavy atom. The number of nitrogens with one attached hydrogen (secondary N) is 1. The fourth-order valence-corrected chi connectivity index (χ4v) is 2.22. The zero-order chi connectivity index (χ0) is 19.2. The van der Waals surface area contributed by atoms with Gasteiger partial charge in [-0.3, -0.25) is 14.7 Å². The maximum absolute atomic E-state index is 12.3. The number of anilines is 1. The molecule has 26 heavy (non-hydrogen) atoms. The van der Waals surface area contributed by atoms with Crippen molar-refractivity contribution in [1.82, 2.24) is 9.88 Å². The molecule has 2 aromatic rings. The van der Waals surface area contributed by atoms with E-state index in [1.54, 1.807) is 13.1 Å². The topological polar surface area (TPSA) is 54.5 Å². The van der Waals surface area contributed by atoms with E-state index in [0.717, 1.165) is 17.8 Å². The average Bonchev–Trinajstić information content (AvgIpc) is 2.60. The van der Waals surface area contributed by atoms with E-state index in [1.165, 1.54) is 12.1 Å². The lowest BCUT2D eigenvalue weighted by atomic mass is 10.2. The smallest absolute Gasteiger partial charge is 0.406 e. The van der Waals surface area contributed by atoms with Crippen molar-refractivity contribution in [3.63, 3.8) is 0 Å². The highest BCUT2D eigenvalue weighted by atomic mass is 19.4. The van der Waals surface area contributed by atoms with E-state index < -0.39 is 12.4 Å². The first-order chi connectivity index (χ1) is 12.2. The number of aromatic nitrogens is 1. The van der Waals surface area contributed by atoms with Crippen molar-refractivity contribution < 1.29 is 22.7 Å². The number of benzene rings is 1. The summed E-state index contributed by atoms with van der Waals surface area (Å²) in [4.78, 5) is 18.4. The largest absolute Gasteiger partial charge is 0.573 e. The molecule has 0 bridgehead atoms. The second-order valence-corrected chi connectivity index (χ2v) is 5.79. The number of pyridine rings is 1. The van der Waals surface area contributed by atoms with Gasteiger partial charge in [-0.1, -0.05) is 6.07 Å². The fraction of sp³-hybridized carbons (Fsp3) is 0.333. The number of carbonyl (C=O) groups excluding carboxylic acids is 1. The van der Waals surface area contributed by atoms with Crippen molar-refractivity contribution in [2.75, 3.05) is 18.9 Å². The number of carbonyl (C=O) groups is 1. The first-order valence-corrected chi connectivity index (χ1v) is 8.01. The molecule has 1 amide bonds. The molecule has 0 aliphatic carbocycles. The Hall–Kier alpha value is -2.61. The zero-order valence-electron chi connectivity index (χ0n) is 14.5. The second-order valence-electron chi connectivity index (χ2n) is 5.79. The Kier molecular flexibility index (Phi) is 6.57. The molecule has 2 rings (SSSR count). The molecule has 1 N–H and O–H groups in total. The van der Waals surface area contributed by atoms with Crippen LogP contribution in [0.2, 0.25) is 0 Å². The van der Waals surface area contributed by atoms with Gasteiger partial charge in [-0.25, -0.2) is 0 Å². The van der Waals surface area contributed by atoms with Crippen LogP contribution in [0.3, 0.4) is 0 Å². The van der Waals surface area contributed by atoms with Gasteiger partial charge in [0.05, 0.1) is 6.04 Å². The van der Waals surface area contributed by atoms with E-state index in [2.05, 4.69) is 15.0 Å². The zero-order valence-corrected chi connectivity index (χ0v) is 14.5. The van der Waals surface area contributed by atoms with Crippen molar-refractivity contribution >= 4 is 11.6 Å². The van der Waals surface area contributed by atoms with E-state index in [9.17, 15) is 18.0 Å². The van der Waals surface area contributed by atoms with Crippen LogP contribution < -0.4 is 10.1 Å². The number of alkyl halides is 3. The van der Waals surface area contributed by atoms with Gasteiger partial charge >= 0.3 is 6.36 Å². The van der Waals surface area contributed by atoms with Gasteiger partial charge in [0.1, 0.15) is 5.75 Å². The molecule has 0 spiro atoms. The van der Waals surface area contributed by atoms with Crippen molar-refractivity contribution in [1.29, 1.82) is 0 Å². The van der Waals surface area contributed by atoms with Gasteiger partial charge in [-0.2, -0.15) is 0 Å². The lowest BCUT2D eigenvalue weighted by Crippen LogP contribution is -2.40. The average molecular weight is 367 g/mol. The molecule has 8 heteroatoms. The van der Waals surface area contributed by atoms with Crippen LogP contribution in [0.5, 0.6) is 5.75 Å². The van der Waals surface area contributed by atoms with Gasteiger partial charge in [-0.05, 0) is 50.4 Å². The summed E-state index contributed by atoms with van der Waals surface area (Å²) in [6.07, 6.45) is -2.31. The van der Waals surface area contributed by atoms with Crippen LogP contribution in [0.15, 0.2) is 48.7 Å². The minimum Gasteiger partial charge on any atom is -0.406 e. The molecule has 0 unspecified atom stereocenters. The van der Waals surface area contributed by atoms with Crippen LogP contribution in [0.4, 0.5) is 18.9 Å². The second kappa shape index (κ2) is 8.66. The number of nitrogens with zero attached hydrogens (tertiary/aromatic N) is 2. The fourth-order valence-electron chi connectivity index (χ4n) is 2.22. The molecular weight excluding hydrogens is 347 g/mol. The third kappa shape index (κ3) is 6.36. The molecule has 0 fully saturated rings. The minimum atomic E-state index is -4.74. The highest BCUT2D eigenvalue weighted by Crippen LogP contribution is 2.24. The number of ether oxygens (including phenoxy) is 1. The third-order valence-corrected chi connectivity index (χ3v) is 3.84. The van der Waals surface area contributed by atoms with E-state index in [4.69, 9.17) is 0 Å². The van der Waals surface area contributed by atoms with Crippen molar-refractivity contribution in [3.8, 4) is 5.75 Å². The van der Waals surface area contributed by atoms with Gasteiger partial charge in [-0.15, -0.1) is 13.2 Å². The molecule has 0 aliphatic rings. The number of rotatable bonds is 7. The molecule has 1 aromatic heterocycles. The molecule has 0 saturated heterocycles. The summed E-state index contributed by atoms with van der Waals surface area (Å²) in [6, 6.07) is 10.3. The Labute approximate surface area is 149 Å². The number of hydrogen-bond donors (Lipinski definition) is 1. The summed E-state index contributed by atoms with van der Waals surface area (Å²) in [5.41, 5.74) is 1.33. The summed E-state index contributed by atoms with van der Waals surface area (Å²) < 4.78 is 40.2. The van der Waals surface area contributed by atoms with Gasteiger partial charge < -0.3 is 10.1 Å². The summed E-state index contributed by atoms with van der Waals surface area (Å²) in [5, 5.41) is 2.68. The van der Waals surface area contributed by atoms with Gasteiger partial charge in [0.2, 0.25) is 5.91 Å². The maximum atomic E-state index is 12.3.